The minimum Gasteiger partial charge on any atom is -0.394 e. The van der Waals surface area contributed by atoms with Crippen molar-refractivity contribution < 1.29 is 5.11 Å². The Bertz CT molecular complexity index is 353. The maximum atomic E-state index is 9.53. The standard InChI is InChI=1S/C13H23N3O/c1-5-11-8-12(15-10(4)14-11)16-13(6-2,7-3)9-17/h8,17H,5-7,9H2,1-4H3,(H,14,15,16). The van der Waals surface area contributed by atoms with Crippen molar-refractivity contribution in [3.63, 3.8) is 0 Å². The molecule has 0 aliphatic rings. The summed E-state index contributed by atoms with van der Waals surface area (Å²) in [5.74, 6) is 1.58. The van der Waals surface area contributed by atoms with Crippen LogP contribution in [0.4, 0.5) is 5.82 Å². The van der Waals surface area contributed by atoms with Gasteiger partial charge in [0.05, 0.1) is 12.1 Å². The molecule has 0 aliphatic carbocycles. The molecule has 0 saturated carbocycles. The molecule has 0 spiro atoms. The molecule has 2 N–H and O–H groups in total. The Morgan fingerprint density at radius 1 is 1.24 bits per heavy atom. The summed E-state index contributed by atoms with van der Waals surface area (Å²) in [6, 6.07) is 1.96. The van der Waals surface area contributed by atoms with Crippen LogP contribution in [0.15, 0.2) is 6.07 Å². The second-order valence-electron chi connectivity index (χ2n) is 4.42. The normalized spacial score (nSPS) is 11.6. The number of rotatable bonds is 6. The molecule has 0 atom stereocenters. The fraction of sp³-hybridized carbons (Fsp3) is 0.692. The van der Waals surface area contributed by atoms with Crippen LogP contribution in [0, 0.1) is 6.92 Å². The lowest BCUT2D eigenvalue weighted by Crippen LogP contribution is -2.41. The second-order valence-corrected chi connectivity index (χ2v) is 4.42. The maximum Gasteiger partial charge on any atom is 0.130 e. The van der Waals surface area contributed by atoms with Crippen molar-refractivity contribution in [3.05, 3.63) is 17.6 Å². The van der Waals surface area contributed by atoms with E-state index in [-0.39, 0.29) is 12.1 Å². The number of aliphatic hydroxyl groups excluding tert-OH is 1. The van der Waals surface area contributed by atoms with Crippen LogP contribution in [0.5, 0.6) is 0 Å². The molecule has 0 radical (unpaired) electrons. The number of aromatic nitrogens is 2. The summed E-state index contributed by atoms with van der Waals surface area (Å²) < 4.78 is 0. The molecule has 4 nitrogen and oxygen atoms in total. The van der Waals surface area contributed by atoms with Crippen LogP contribution in [0.1, 0.15) is 45.1 Å². The zero-order valence-electron chi connectivity index (χ0n) is 11.2. The van der Waals surface area contributed by atoms with E-state index in [9.17, 15) is 5.11 Å². The average molecular weight is 237 g/mol. The first-order valence-corrected chi connectivity index (χ1v) is 6.32. The number of hydrogen-bond donors (Lipinski definition) is 2. The first kappa shape index (κ1) is 13.9. The topological polar surface area (TPSA) is 58.0 Å². The van der Waals surface area contributed by atoms with Gasteiger partial charge in [0.15, 0.2) is 0 Å². The quantitative estimate of drug-likeness (QED) is 0.797. The predicted molar refractivity (Wildman–Crippen MR) is 70.2 cm³/mol. The molecule has 0 unspecified atom stereocenters. The summed E-state index contributed by atoms with van der Waals surface area (Å²) in [7, 11) is 0. The van der Waals surface area contributed by atoms with Crippen molar-refractivity contribution >= 4 is 5.82 Å². The van der Waals surface area contributed by atoms with E-state index >= 15 is 0 Å². The average Bonchev–Trinajstić information content (AvgIpc) is 2.35. The van der Waals surface area contributed by atoms with Gasteiger partial charge in [-0.3, -0.25) is 0 Å². The summed E-state index contributed by atoms with van der Waals surface area (Å²) in [6.45, 7) is 8.22. The van der Waals surface area contributed by atoms with Gasteiger partial charge in [0.2, 0.25) is 0 Å². The fourth-order valence-corrected chi connectivity index (χ4v) is 1.84. The highest BCUT2D eigenvalue weighted by molar-refractivity contribution is 5.39. The van der Waals surface area contributed by atoms with E-state index in [0.717, 1.165) is 36.6 Å². The molecule has 0 amide bonds. The van der Waals surface area contributed by atoms with Crippen LogP contribution in [0.2, 0.25) is 0 Å². The van der Waals surface area contributed by atoms with E-state index in [1.54, 1.807) is 0 Å². The molecule has 0 saturated heterocycles. The number of aryl methyl sites for hydroxylation is 2. The Kier molecular flexibility index (Phi) is 4.87. The molecule has 17 heavy (non-hydrogen) atoms. The molecular formula is C13H23N3O. The number of anilines is 1. The van der Waals surface area contributed by atoms with Gasteiger partial charge < -0.3 is 10.4 Å². The summed E-state index contributed by atoms with van der Waals surface area (Å²) in [5, 5.41) is 12.9. The van der Waals surface area contributed by atoms with Crippen LogP contribution in [0.3, 0.4) is 0 Å². The maximum absolute atomic E-state index is 9.53. The molecule has 4 heteroatoms. The van der Waals surface area contributed by atoms with Gasteiger partial charge in [-0.2, -0.15) is 0 Å². The van der Waals surface area contributed by atoms with Crippen LogP contribution in [-0.2, 0) is 6.42 Å². The molecule has 1 aromatic rings. The van der Waals surface area contributed by atoms with Crippen molar-refractivity contribution in [2.75, 3.05) is 11.9 Å². The minimum absolute atomic E-state index is 0.116. The van der Waals surface area contributed by atoms with E-state index in [2.05, 4.69) is 36.1 Å². The van der Waals surface area contributed by atoms with Crippen molar-refractivity contribution in [1.82, 2.24) is 9.97 Å². The number of aliphatic hydroxyl groups is 1. The summed E-state index contributed by atoms with van der Waals surface area (Å²) in [4.78, 5) is 8.72. The summed E-state index contributed by atoms with van der Waals surface area (Å²) in [5.41, 5.74) is 0.755. The largest absolute Gasteiger partial charge is 0.394 e. The van der Waals surface area contributed by atoms with E-state index in [1.807, 2.05) is 13.0 Å². The van der Waals surface area contributed by atoms with Gasteiger partial charge in [0.1, 0.15) is 11.6 Å². The Morgan fingerprint density at radius 3 is 2.35 bits per heavy atom. The zero-order chi connectivity index (χ0) is 12.9. The van der Waals surface area contributed by atoms with Gasteiger partial charge >= 0.3 is 0 Å². The number of nitrogens with one attached hydrogen (secondary N) is 1. The molecule has 0 aliphatic heterocycles. The van der Waals surface area contributed by atoms with Gasteiger partial charge in [0.25, 0.3) is 0 Å². The van der Waals surface area contributed by atoms with Gasteiger partial charge in [-0.05, 0) is 26.2 Å². The monoisotopic (exact) mass is 237 g/mol. The zero-order valence-corrected chi connectivity index (χ0v) is 11.2. The Hall–Kier alpha value is -1.16. The molecular weight excluding hydrogens is 214 g/mol. The van der Waals surface area contributed by atoms with Crippen molar-refractivity contribution in [3.8, 4) is 0 Å². The summed E-state index contributed by atoms with van der Waals surface area (Å²) in [6.07, 6.45) is 2.62. The van der Waals surface area contributed by atoms with Gasteiger partial charge in [0, 0.05) is 11.8 Å². The van der Waals surface area contributed by atoms with Gasteiger partial charge in [-0.1, -0.05) is 20.8 Å². The smallest absolute Gasteiger partial charge is 0.130 e. The van der Waals surface area contributed by atoms with E-state index in [1.165, 1.54) is 0 Å². The van der Waals surface area contributed by atoms with Gasteiger partial charge in [-0.15, -0.1) is 0 Å². The first-order valence-electron chi connectivity index (χ1n) is 6.32. The van der Waals surface area contributed by atoms with Crippen LogP contribution in [-0.4, -0.2) is 27.2 Å². The van der Waals surface area contributed by atoms with Crippen molar-refractivity contribution in [1.29, 1.82) is 0 Å². The predicted octanol–water partition coefficient (Wildman–Crippen LogP) is 2.31. The lowest BCUT2D eigenvalue weighted by Gasteiger charge is -2.31. The lowest BCUT2D eigenvalue weighted by molar-refractivity contribution is 0.202. The van der Waals surface area contributed by atoms with Crippen LogP contribution < -0.4 is 5.32 Å². The molecule has 0 aromatic carbocycles. The molecule has 0 fully saturated rings. The lowest BCUT2D eigenvalue weighted by atomic mass is 9.94. The van der Waals surface area contributed by atoms with Crippen molar-refractivity contribution in [2.45, 2.75) is 52.5 Å². The molecule has 0 bridgehead atoms. The minimum atomic E-state index is -0.272. The third-order valence-electron chi connectivity index (χ3n) is 3.30. The fourth-order valence-electron chi connectivity index (χ4n) is 1.84. The molecule has 1 rings (SSSR count). The Morgan fingerprint density at radius 2 is 1.88 bits per heavy atom. The van der Waals surface area contributed by atoms with Crippen LogP contribution in [0.25, 0.3) is 0 Å². The SMILES string of the molecule is CCc1cc(NC(CC)(CC)CO)nc(C)n1. The molecule has 1 heterocycles. The molecule has 1 aromatic heterocycles. The molecule has 96 valence electrons. The Balaban J connectivity index is 2.96. The van der Waals surface area contributed by atoms with Crippen LogP contribution >= 0.6 is 0 Å². The van der Waals surface area contributed by atoms with E-state index < -0.39 is 0 Å². The summed E-state index contributed by atoms with van der Waals surface area (Å²) >= 11 is 0. The highest BCUT2D eigenvalue weighted by atomic mass is 16.3. The third-order valence-corrected chi connectivity index (χ3v) is 3.30. The number of hydrogen-bond acceptors (Lipinski definition) is 4. The Labute approximate surface area is 103 Å². The van der Waals surface area contributed by atoms with Crippen molar-refractivity contribution in [2.24, 2.45) is 0 Å². The first-order chi connectivity index (χ1) is 8.09. The second kappa shape index (κ2) is 5.96. The van der Waals surface area contributed by atoms with E-state index in [0.29, 0.717) is 0 Å². The highest BCUT2D eigenvalue weighted by Gasteiger charge is 2.25. The van der Waals surface area contributed by atoms with Gasteiger partial charge in [-0.25, -0.2) is 9.97 Å². The van der Waals surface area contributed by atoms with E-state index in [4.69, 9.17) is 0 Å². The number of nitrogens with zero attached hydrogens (tertiary/aromatic N) is 2. The third kappa shape index (κ3) is 3.40. The highest BCUT2D eigenvalue weighted by Crippen LogP contribution is 2.21.